The lowest BCUT2D eigenvalue weighted by molar-refractivity contribution is -0.121. The maximum absolute atomic E-state index is 12.7. The van der Waals surface area contributed by atoms with E-state index in [-0.39, 0.29) is 19.0 Å². The summed E-state index contributed by atoms with van der Waals surface area (Å²) in [5, 5.41) is 3.65. The van der Waals surface area contributed by atoms with Gasteiger partial charge in [-0.15, -0.1) is 0 Å². The monoisotopic (exact) mass is 424 g/mol. The Hall–Kier alpha value is -3.68. The van der Waals surface area contributed by atoms with Gasteiger partial charge in [-0.25, -0.2) is 4.79 Å². The topological polar surface area (TPSA) is 88.0 Å². The molecule has 0 bridgehead atoms. The number of hydrogen-bond donors (Lipinski definition) is 1. The number of esters is 1. The first kappa shape index (κ1) is 20.6. The van der Waals surface area contributed by atoms with E-state index in [2.05, 4.69) is 5.32 Å². The zero-order valence-corrected chi connectivity index (χ0v) is 17.5. The van der Waals surface area contributed by atoms with Gasteiger partial charge < -0.3 is 28.8 Å². The number of benzene rings is 2. The van der Waals surface area contributed by atoms with Crippen molar-refractivity contribution in [1.29, 1.82) is 0 Å². The first-order valence-corrected chi connectivity index (χ1v) is 10.00. The molecule has 8 heteroatoms. The molecule has 2 heterocycles. The number of aromatic nitrogens is 1. The van der Waals surface area contributed by atoms with Gasteiger partial charge in [0.05, 0.1) is 33.0 Å². The van der Waals surface area contributed by atoms with Crippen LogP contribution in [0.15, 0.2) is 42.6 Å². The van der Waals surface area contributed by atoms with Gasteiger partial charge in [0.15, 0.2) is 11.5 Å². The maximum atomic E-state index is 12.7. The van der Waals surface area contributed by atoms with E-state index in [0.717, 1.165) is 22.9 Å². The van der Waals surface area contributed by atoms with Crippen LogP contribution in [-0.4, -0.2) is 43.9 Å². The van der Waals surface area contributed by atoms with Gasteiger partial charge in [-0.3, -0.25) is 4.79 Å². The number of amides is 1. The van der Waals surface area contributed by atoms with Crippen LogP contribution in [0.2, 0.25) is 0 Å². The SMILES string of the molecule is COC(=O)c1cn(CC(=O)NCc2cc3c(cc2OC)OCCCO3)c2ccccc12. The van der Waals surface area contributed by atoms with E-state index in [0.29, 0.717) is 36.0 Å². The van der Waals surface area contributed by atoms with E-state index < -0.39 is 5.97 Å². The lowest BCUT2D eigenvalue weighted by atomic mass is 10.1. The highest BCUT2D eigenvalue weighted by Crippen LogP contribution is 2.36. The molecule has 1 amide bonds. The molecule has 0 unspecified atom stereocenters. The number of carbonyl (C=O) groups excluding carboxylic acids is 2. The Morgan fingerprint density at radius 3 is 2.58 bits per heavy atom. The van der Waals surface area contributed by atoms with E-state index in [4.69, 9.17) is 18.9 Å². The molecule has 8 nitrogen and oxygen atoms in total. The van der Waals surface area contributed by atoms with Crippen LogP contribution in [0, 0.1) is 0 Å². The van der Waals surface area contributed by atoms with Gasteiger partial charge in [0.2, 0.25) is 5.91 Å². The van der Waals surface area contributed by atoms with E-state index >= 15 is 0 Å². The standard InChI is InChI=1S/C23H24N2O6/c1-28-19-11-21-20(30-8-5-9-31-21)10-15(19)12-24-22(26)14-25-13-17(23(27)29-2)16-6-3-4-7-18(16)25/h3-4,6-7,10-11,13H,5,8-9,12,14H2,1-2H3,(H,24,26). The third-order valence-electron chi connectivity index (χ3n) is 5.13. The van der Waals surface area contributed by atoms with Gasteiger partial charge in [0, 0.05) is 41.7 Å². The summed E-state index contributed by atoms with van der Waals surface area (Å²) in [6, 6.07) is 11.0. The molecule has 3 aromatic rings. The van der Waals surface area contributed by atoms with Gasteiger partial charge in [0.25, 0.3) is 0 Å². The molecule has 2 aromatic carbocycles. The average molecular weight is 424 g/mol. The van der Waals surface area contributed by atoms with Gasteiger partial charge in [0.1, 0.15) is 12.3 Å². The normalized spacial score (nSPS) is 12.8. The first-order valence-electron chi connectivity index (χ1n) is 10.00. The minimum atomic E-state index is -0.438. The minimum Gasteiger partial charge on any atom is -0.496 e. The van der Waals surface area contributed by atoms with Crippen LogP contribution in [0.5, 0.6) is 17.2 Å². The van der Waals surface area contributed by atoms with Crippen molar-refractivity contribution in [2.24, 2.45) is 0 Å². The second kappa shape index (κ2) is 8.99. The van der Waals surface area contributed by atoms with Gasteiger partial charge in [-0.2, -0.15) is 0 Å². The summed E-state index contributed by atoms with van der Waals surface area (Å²) in [6.45, 7) is 1.49. The molecule has 31 heavy (non-hydrogen) atoms. The van der Waals surface area contributed by atoms with E-state index in [1.165, 1.54) is 7.11 Å². The highest BCUT2D eigenvalue weighted by Gasteiger charge is 2.18. The van der Waals surface area contributed by atoms with Crippen LogP contribution in [-0.2, 0) is 22.6 Å². The molecule has 4 rings (SSSR count). The third-order valence-corrected chi connectivity index (χ3v) is 5.13. The van der Waals surface area contributed by atoms with E-state index in [1.54, 1.807) is 23.9 Å². The van der Waals surface area contributed by atoms with Crippen LogP contribution >= 0.6 is 0 Å². The van der Waals surface area contributed by atoms with Crippen molar-refractivity contribution in [3.05, 3.63) is 53.7 Å². The number of para-hydroxylation sites is 1. The van der Waals surface area contributed by atoms with Crippen molar-refractivity contribution in [2.45, 2.75) is 19.5 Å². The Labute approximate surface area is 179 Å². The molecule has 0 atom stereocenters. The van der Waals surface area contributed by atoms with E-state index in [1.807, 2.05) is 30.3 Å². The summed E-state index contributed by atoms with van der Waals surface area (Å²) >= 11 is 0. The highest BCUT2D eigenvalue weighted by molar-refractivity contribution is 6.04. The molecule has 1 aliphatic rings. The van der Waals surface area contributed by atoms with Gasteiger partial charge in [-0.05, 0) is 12.1 Å². The van der Waals surface area contributed by atoms with Crippen LogP contribution in [0.3, 0.4) is 0 Å². The predicted octanol–water partition coefficient (Wildman–Crippen LogP) is 2.91. The quantitative estimate of drug-likeness (QED) is 0.612. The summed E-state index contributed by atoms with van der Waals surface area (Å²) in [5.41, 5.74) is 1.99. The number of nitrogens with one attached hydrogen (secondary N) is 1. The molecule has 0 spiro atoms. The molecule has 1 aliphatic heterocycles. The van der Waals surface area contributed by atoms with Crippen molar-refractivity contribution in [3.8, 4) is 17.2 Å². The molecule has 0 radical (unpaired) electrons. The predicted molar refractivity (Wildman–Crippen MR) is 114 cm³/mol. The molecule has 1 aromatic heterocycles. The van der Waals surface area contributed by atoms with Crippen LogP contribution in [0.1, 0.15) is 22.3 Å². The number of methoxy groups -OCH3 is 2. The van der Waals surface area contributed by atoms with Crippen molar-refractivity contribution in [2.75, 3.05) is 27.4 Å². The summed E-state index contributed by atoms with van der Waals surface area (Å²) < 4.78 is 23.5. The minimum absolute atomic E-state index is 0.0599. The second-order valence-electron chi connectivity index (χ2n) is 7.12. The number of hydrogen-bond acceptors (Lipinski definition) is 6. The lowest BCUT2D eigenvalue weighted by Crippen LogP contribution is -2.27. The fourth-order valence-corrected chi connectivity index (χ4v) is 3.61. The van der Waals surface area contributed by atoms with Crippen LogP contribution in [0.25, 0.3) is 10.9 Å². The molecule has 0 saturated heterocycles. The zero-order chi connectivity index (χ0) is 21.8. The Balaban J connectivity index is 1.50. The molecular weight excluding hydrogens is 400 g/mol. The van der Waals surface area contributed by atoms with Crippen molar-refractivity contribution < 1.29 is 28.5 Å². The Bertz CT molecular complexity index is 1120. The fourth-order valence-electron chi connectivity index (χ4n) is 3.61. The van der Waals surface area contributed by atoms with Crippen molar-refractivity contribution >= 4 is 22.8 Å². The van der Waals surface area contributed by atoms with Crippen LogP contribution < -0.4 is 19.5 Å². The van der Waals surface area contributed by atoms with Gasteiger partial charge >= 0.3 is 5.97 Å². The number of rotatable bonds is 6. The van der Waals surface area contributed by atoms with Crippen molar-refractivity contribution in [1.82, 2.24) is 9.88 Å². The molecule has 1 N–H and O–H groups in total. The Morgan fingerprint density at radius 1 is 1.10 bits per heavy atom. The summed E-state index contributed by atoms with van der Waals surface area (Å²) in [4.78, 5) is 24.8. The molecule has 0 aliphatic carbocycles. The first-order chi connectivity index (χ1) is 15.1. The Kier molecular flexibility index (Phi) is 5.97. The maximum Gasteiger partial charge on any atom is 0.340 e. The summed E-state index contributed by atoms with van der Waals surface area (Å²) in [7, 11) is 2.91. The number of carbonyl (C=O) groups is 2. The van der Waals surface area contributed by atoms with Crippen molar-refractivity contribution in [3.63, 3.8) is 0 Å². The van der Waals surface area contributed by atoms with Gasteiger partial charge in [-0.1, -0.05) is 18.2 Å². The summed E-state index contributed by atoms with van der Waals surface area (Å²) in [6.07, 6.45) is 2.45. The second-order valence-corrected chi connectivity index (χ2v) is 7.12. The fraction of sp³-hybridized carbons (Fsp3) is 0.304. The number of nitrogens with zero attached hydrogens (tertiary/aromatic N) is 1. The lowest BCUT2D eigenvalue weighted by Gasteiger charge is -2.14. The molecule has 0 saturated carbocycles. The molecular formula is C23H24N2O6. The largest absolute Gasteiger partial charge is 0.496 e. The number of fused-ring (bicyclic) bond motifs is 2. The summed E-state index contributed by atoms with van der Waals surface area (Å²) in [5.74, 6) is 1.25. The number of ether oxygens (including phenoxy) is 4. The Morgan fingerprint density at radius 2 is 1.84 bits per heavy atom. The molecule has 162 valence electrons. The van der Waals surface area contributed by atoms with E-state index in [9.17, 15) is 9.59 Å². The molecule has 0 fully saturated rings. The highest BCUT2D eigenvalue weighted by atomic mass is 16.5. The zero-order valence-electron chi connectivity index (χ0n) is 17.5. The third kappa shape index (κ3) is 4.28. The smallest absolute Gasteiger partial charge is 0.340 e. The average Bonchev–Trinajstić information content (AvgIpc) is 2.99. The van der Waals surface area contributed by atoms with Crippen LogP contribution in [0.4, 0.5) is 0 Å².